The van der Waals surface area contributed by atoms with Gasteiger partial charge in [-0.05, 0) is 19.8 Å². The molecule has 0 bridgehead atoms. The minimum Gasteiger partial charge on any atom is -0.466 e. The van der Waals surface area contributed by atoms with E-state index in [9.17, 15) is 9.59 Å². The van der Waals surface area contributed by atoms with Crippen molar-refractivity contribution >= 4 is 11.9 Å². The summed E-state index contributed by atoms with van der Waals surface area (Å²) in [6.45, 7) is 6.00. The Kier molecular flexibility index (Phi) is 7.03. The van der Waals surface area contributed by atoms with E-state index in [4.69, 9.17) is 10.00 Å². The van der Waals surface area contributed by atoms with Crippen molar-refractivity contribution in [3.63, 3.8) is 0 Å². The normalized spacial score (nSPS) is 10.6. The summed E-state index contributed by atoms with van der Waals surface area (Å²) in [6.07, 6.45) is 1.11. The van der Waals surface area contributed by atoms with Crippen LogP contribution in [0, 0.1) is 16.7 Å². The van der Waals surface area contributed by atoms with E-state index in [0.717, 1.165) is 0 Å². The molecule has 0 N–H and O–H groups in total. The maximum atomic E-state index is 12.2. The zero-order valence-electron chi connectivity index (χ0n) is 11.7. The molecule has 1 amide bonds. The van der Waals surface area contributed by atoms with Gasteiger partial charge in [-0.1, -0.05) is 13.8 Å². The van der Waals surface area contributed by atoms with Crippen molar-refractivity contribution < 1.29 is 14.3 Å². The van der Waals surface area contributed by atoms with E-state index in [1.165, 1.54) is 4.90 Å². The van der Waals surface area contributed by atoms with Crippen molar-refractivity contribution in [1.82, 2.24) is 4.90 Å². The predicted molar refractivity (Wildman–Crippen MR) is 67.5 cm³/mol. The van der Waals surface area contributed by atoms with E-state index in [1.54, 1.807) is 14.0 Å². The summed E-state index contributed by atoms with van der Waals surface area (Å²) in [6, 6.07) is 2.10. The molecule has 0 heterocycles. The average Bonchev–Trinajstić information content (AvgIpc) is 2.38. The van der Waals surface area contributed by atoms with Crippen LogP contribution in [0.25, 0.3) is 0 Å². The maximum Gasteiger partial charge on any atom is 0.307 e. The molecule has 0 saturated carbocycles. The largest absolute Gasteiger partial charge is 0.466 e. The van der Waals surface area contributed by atoms with Gasteiger partial charge in [-0.15, -0.1) is 0 Å². The van der Waals surface area contributed by atoms with E-state index in [1.807, 2.05) is 13.8 Å². The zero-order valence-corrected chi connectivity index (χ0v) is 11.7. The van der Waals surface area contributed by atoms with Gasteiger partial charge in [-0.25, -0.2) is 0 Å². The minimum atomic E-state index is -0.969. The minimum absolute atomic E-state index is 0.158. The highest BCUT2D eigenvalue weighted by atomic mass is 16.5. The topological polar surface area (TPSA) is 70.4 Å². The van der Waals surface area contributed by atoms with Gasteiger partial charge in [0.25, 0.3) is 0 Å². The molecule has 0 spiro atoms. The molecule has 0 radical (unpaired) electrons. The highest BCUT2D eigenvalue weighted by Crippen LogP contribution is 2.27. The van der Waals surface area contributed by atoms with Gasteiger partial charge >= 0.3 is 5.97 Å². The Labute approximate surface area is 109 Å². The second-order valence-corrected chi connectivity index (χ2v) is 4.18. The number of esters is 1. The lowest BCUT2D eigenvalue weighted by atomic mass is 9.82. The van der Waals surface area contributed by atoms with E-state index in [-0.39, 0.29) is 24.8 Å². The standard InChI is InChI=1S/C13H22N2O3/c1-5-13(6-2,10-14)12(17)15(4)9-8-11(16)18-7-3/h5-9H2,1-4H3. The second kappa shape index (κ2) is 7.70. The van der Waals surface area contributed by atoms with Gasteiger partial charge < -0.3 is 9.64 Å². The fourth-order valence-electron chi connectivity index (χ4n) is 1.72. The highest BCUT2D eigenvalue weighted by Gasteiger charge is 2.37. The SMILES string of the molecule is CCOC(=O)CCN(C)C(=O)C(C#N)(CC)CC. The monoisotopic (exact) mass is 254 g/mol. The van der Waals surface area contributed by atoms with Crippen molar-refractivity contribution in [3.05, 3.63) is 0 Å². The molecular formula is C13H22N2O3. The number of nitriles is 1. The summed E-state index contributed by atoms with van der Waals surface area (Å²) in [5, 5.41) is 9.17. The van der Waals surface area contributed by atoms with Gasteiger partial charge in [0.05, 0.1) is 19.1 Å². The third-order valence-corrected chi connectivity index (χ3v) is 3.13. The van der Waals surface area contributed by atoms with E-state index < -0.39 is 5.41 Å². The molecule has 5 nitrogen and oxygen atoms in total. The van der Waals surface area contributed by atoms with Crippen LogP contribution in [0.15, 0.2) is 0 Å². The van der Waals surface area contributed by atoms with Gasteiger partial charge in [0.1, 0.15) is 5.41 Å². The molecule has 0 unspecified atom stereocenters. The molecule has 0 aliphatic rings. The Balaban J connectivity index is 4.51. The Hall–Kier alpha value is -1.57. The Morgan fingerprint density at radius 2 is 1.83 bits per heavy atom. The Morgan fingerprint density at radius 1 is 1.28 bits per heavy atom. The fraction of sp³-hybridized carbons (Fsp3) is 0.769. The number of hydrogen-bond acceptors (Lipinski definition) is 4. The van der Waals surface area contributed by atoms with Crippen LogP contribution in [0.1, 0.15) is 40.0 Å². The number of rotatable bonds is 7. The van der Waals surface area contributed by atoms with E-state index >= 15 is 0 Å². The summed E-state index contributed by atoms with van der Waals surface area (Å²) >= 11 is 0. The number of carbonyl (C=O) groups is 2. The molecule has 0 atom stereocenters. The quantitative estimate of drug-likeness (QED) is 0.649. The van der Waals surface area contributed by atoms with Crippen molar-refractivity contribution in [2.45, 2.75) is 40.0 Å². The number of hydrogen-bond donors (Lipinski definition) is 0. The summed E-state index contributed by atoms with van der Waals surface area (Å²) < 4.78 is 4.79. The van der Waals surface area contributed by atoms with Crippen LogP contribution < -0.4 is 0 Å². The number of ether oxygens (including phenoxy) is 1. The lowest BCUT2D eigenvalue weighted by molar-refractivity contribution is -0.144. The lowest BCUT2D eigenvalue weighted by Gasteiger charge is -2.28. The van der Waals surface area contributed by atoms with E-state index in [2.05, 4.69) is 6.07 Å². The number of nitrogens with zero attached hydrogens (tertiary/aromatic N) is 2. The van der Waals surface area contributed by atoms with Crippen LogP contribution in [0.5, 0.6) is 0 Å². The van der Waals surface area contributed by atoms with Crippen LogP contribution in [0.2, 0.25) is 0 Å². The molecule has 5 heteroatoms. The molecule has 18 heavy (non-hydrogen) atoms. The predicted octanol–water partition coefficient (Wildman–Crippen LogP) is 1.73. The van der Waals surface area contributed by atoms with Crippen molar-refractivity contribution in [1.29, 1.82) is 5.26 Å². The first-order valence-corrected chi connectivity index (χ1v) is 6.29. The first-order valence-electron chi connectivity index (χ1n) is 6.29. The van der Waals surface area contributed by atoms with Crippen LogP contribution in [-0.4, -0.2) is 37.0 Å². The molecule has 0 aromatic carbocycles. The van der Waals surface area contributed by atoms with Gasteiger partial charge in [0.2, 0.25) is 5.91 Å². The summed E-state index contributed by atoms with van der Waals surface area (Å²) in [7, 11) is 1.61. The first kappa shape index (κ1) is 16.4. The Bertz CT molecular complexity index is 330. The smallest absolute Gasteiger partial charge is 0.307 e. The second-order valence-electron chi connectivity index (χ2n) is 4.18. The molecule has 0 fully saturated rings. The molecule has 0 aliphatic heterocycles. The van der Waals surface area contributed by atoms with Crippen molar-refractivity contribution in [3.8, 4) is 6.07 Å². The van der Waals surface area contributed by atoms with Gasteiger partial charge in [0, 0.05) is 13.6 Å². The fourth-order valence-corrected chi connectivity index (χ4v) is 1.72. The van der Waals surface area contributed by atoms with Gasteiger partial charge in [-0.2, -0.15) is 5.26 Å². The summed E-state index contributed by atoms with van der Waals surface area (Å²) in [5.41, 5.74) is -0.969. The first-order chi connectivity index (χ1) is 8.47. The average molecular weight is 254 g/mol. The molecule has 0 saturated heterocycles. The van der Waals surface area contributed by atoms with Crippen LogP contribution in [-0.2, 0) is 14.3 Å². The maximum absolute atomic E-state index is 12.2. The van der Waals surface area contributed by atoms with Gasteiger partial charge in [-0.3, -0.25) is 9.59 Å². The molecular weight excluding hydrogens is 232 g/mol. The van der Waals surface area contributed by atoms with Crippen molar-refractivity contribution in [2.24, 2.45) is 5.41 Å². The summed E-state index contributed by atoms with van der Waals surface area (Å²) in [5.74, 6) is -0.549. The van der Waals surface area contributed by atoms with Crippen LogP contribution >= 0.6 is 0 Å². The number of carbonyl (C=O) groups excluding carboxylic acids is 2. The summed E-state index contributed by atoms with van der Waals surface area (Å²) in [4.78, 5) is 24.8. The number of amides is 1. The molecule has 0 aromatic heterocycles. The van der Waals surface area contributed by atoms with Crippen molar-refractivity contribution in [2.75, 3.05) is 20.2 Å². The third kappa shape index (κ3) is 4.02. The molecule has 0 rings (SSSR count). The van der Waals surface area contributed by atoms with Crippen LogP contribution in [0.4, 0.5) is 0 Å². The highest BCUT2D eigenvalue weighted by molar-refractivity contribution is 5.85. The Morgan fingerprint density at radius 3 is 2.22 bits per heavy atom. The third-order valence-electron chi connectivity index (χ3n) is 3.13. The zero-order chi connectivity index (χ0) is 14.2. The van der Waals surface area contributed by atoms with E-state index in [0.29, 0.717) is 19.4 Å². The van der Waals surface area contributed by atoms with Gasteiger partial charge in [0.15, 0.2) is 0 Å². The lowest BCUT2D eigenvalue weighted by Crippen LogP contribution is -2.41. The molecule has 0 aliphatic carbocycles. The molecule has 102 valence electrons. The molecule has 0 aromatic rings. The van der Waals surface area contributed by atoms with Crippen LogP contribution in [0.3, 0.4) is 0 Å².